The van der Waals surface area contributed by atoms with Crippen LogP contribution in [-0.2, 0) is 4.79 Å². The predicted molar refractivity (Wildman–Crippen MR) is 84.1 cm³/mol. The Labute approximate surface area is 132 Å². The Kier molecular flexibility index (Phi) is 5.14. The second-order valence-electron chi connectivity index (χ2n) is 4.92. The Morgan fingerprint density at radius 1 is 1.09 bits per heavy atom. The van der Waals surface area contributed by atoms with E-state index in [0.29, 0.717) is 5.75 Å². The first-order valence-corrected chi connectivity index (χ1v) is 6.95. The Bertz CT molecular complexity index is 763. The summed E-state index contributed by atoms with van der Waals surface area (Å²) >= 11 is 0. The molecule has 2 amide bonds. The molecule has 120 valence electrons. The summed E-state index contributed by atoms with van der Waals surface area (Å²) in [4.78, 5) is 37.3. The summed E-state index contributed by atoms with van der Waals surface area (Å²) < 4.78 is 5.46. The van der Waals surface area contributed by atoms with Gasteiger partial charge in [0.1, 0.15) is 11.3 Å². The summed E-state index contributed by atoms with van der Waals surface area (Å²) in [6, 6.07) is 8.53. The van der Waals surface area contributed by atoms with Crippen molar-refractivity contribution >= 4 is 11.8 Å². The number of hydrogen-bond acceptors (Lipinski definition) is 4. The second kappa shape index (κ2) is 7.26. The van der Waals surface area contributed by atoms with Crippen LogP contribution in [0.4, 0.5) is 0 Å². The number of carbonyl (C=O) groups excluding carboxylic acids is 2. The van der Waals surface area contributed by atoms with E-state index < -0.39 is 17.4 Å². The Hall–Kier alpha value is -3.09. The lowest BCUT2D eigenvalue weighted by Gasteiger charge is -2.12. The number of benzene rings is 1. The van der Waals surface area contributed by atoms with E-state index in [4.69, 9.17) is 4.74 Å². The number of aromatic nitrogens is 1. The molecule has 0 aliphatic rings. The largest absolute Gasteiger partial charge is 0.483 e. The first-order chi connectivity index (χ1) is 11.0. The van der Waals surface area contributed by atoms with Crippen LogP contribution >= 0.6 is 0 Å². The van der Waals surface area contributed by atoms with Crippen LogP contribution in [0, 0.1) is 13.8 Å². The van der Waals surface area contributed by atoms with Gasteiger partial charge in [-0.3, -0.25) is 25.2 Å². The molecule has 7 nitrogen and oxygen atoms in total. The molecule has 1 aromatic heterocycles. The third-order valence-corrected chi connectivity index (χ3v) is 3.13. The Morgan fingerprint density at radius 2 is 1.78 bits per heavy atom. The number of carbonyl (C=O) groups is 2. The lowest BCUT2D eigenvalue weighted by atomic mass is 10.1. The maximum atomic E-state index is 11.8. The van der Waals surface area contributed by atoms with Crippen molar-refractivity contribution in [2.24, 2.45) is 0 Å². The zero-order valence-corrected chi connectivity index (χ0v) is 12.8. The molecule has 0 spiro atoms. The Balaban J connectivity index is 1.87. The molecule has 3 N–H and O–H groups in total. The molecule has 1 heterocycles. The summed E-state index contributed by atoms with van der Waals surface area (Å²) in [7, 11) is 0. The fraction of sp³-hybridized carbons (Fsp3) is 0.188. The summed E-state index contributed by atoms with van der Waals surface area (Å²) in [5.41, 5.74) is 5.57. The number of para-hydroxylation sites is 1. The van der Waals surface area contributed by atoms with E-state index in [9.17, 15) is 14.4 Å². The maximum Gasteiger partial charge on any atom is 0.276 e. The first-order valence-electron chi connectivity index (χ1n) is 6.95. The number of hydrogen-bond donors (Lipinski definition) is 3. The van der Waals surface area contributed by atoms with E-state index in [-0.39, 0.29) is 12.2 Å². The summed E-state index contributed by atoms with van der Waals surface area (Å²) in [5.74, 6) is -0.603. The summed E-state index contributed by atoms with van der Waals surface area (Å²) in [6.07, 6.45) is 1.41. The number of amides is 2. The quantitative estimate of drug-likeness (QED) is 0.728. The van der Waals surface area contributed by atoms with Gasteiger partial charge in [-0.2, -0.15) is 0 Å². The predicted octanol–water partition coefficient (Wildman–Crippen LogP) is 0.832. The van der Waals surface area contributed by atoms with E-state index in [0.717, 1.165) is 11.1 Å². The first kappa shape index (κ1) is 16.3. The van der Waals surface area contributed by atoms with Crippen LogP contribution in [-0.4, -0.2) is 23.4 Å². The number of aromatic amines is 1. The van der Waals surface area contributed by atoms with Crippen molar-refractivity contribution in [3.63, 3.8) is 0 Å². The molecule has 0 aliphatic heterocycles. The molecule has 0 aliphatic carbocycles. The van der Waals surface area contributed by atoms with Crippen molar-refractivity contribution in [1.82, 2.24) is 15.8 Å². The van der Waals surface area contributed by atoms with Gasteiger partial charge in [0.2, 0.25) is 0 Å². The van der Waals surface area contributed by atoms with E-state index in [2.05, 4.69) is 15.8 Å². The van der Waals surface area contributed by atoms with Crippen molar-refractivity contribution in [2.75, 3.05) is 6.61 Å². The minimum atomic E-state index is -0.702. The van der Waals surface area contributed by atoms with Gasteiger partial charge in [0.15, 0.2) is 6.61 Å². The number of rotatable bonds is 4. The van der Waals surface area contributed by atoms with Crippen LogP contribution in [0.3, 0.4) is 0 Å². The summed E-state index contributed by atoms with van der Waals surface area (Å²) in [5, 5.41) is 0. The molecule has 0 unspecified atom stereocenters. The zero-order chi connectivity index (χ0) is 16.8. The molecule has 1 aromatic carbocycles. The molecule has 23 heavy (non-hydrogen) atoms. The smallest absolute Gasteiger partial charge is 0.276 e. The topological polar surface area (TPSA) is 100 Å². The molecule has 2 rings (SSSR count). The van der Waals surface area contributed by atoms with Crippen LogP contribution in [0.15, 0.2) is 41.3 Å². The van der Waals surface area contributed by atoms with Gasteiger partial charge >= 0.3 is 0 Å². The highest BCUT2D eigenvalue weighted by atomic mass is 16.5. The van der Waals surface area contributed by atoms with Crippen LogP contribution in [0.1, 0.15) is 21.5 Å². The van der Waals surface area contributed by atoms with Gasteiger partial charge in [-0.15, -0.1) is 0 Å². The highest BCUT2D eigenvalue weighted by Crippen LogP contribution is 2.21. The van der Waals surface area contributed by atoms with Gasteiger partial charge in [-0.25, -0.2) is 0 Å². The molecule has 0 radical (unpaired) electrons. The molecule has 2 aromatic rings. The van der Waals surface area contributed by atoms with Crippen molar-refractivity contribution < 1.29 is 14.3 Å². The van der Waals surface area contributed by atoms with Crippen LogP contribution in [0.25, 0.3) is 0 Å². The average molecular weight is 315 g/mol. The van der Waals surface area contributed by atoms with E-state index >= 15 is 0 Å². The van der Waals surface area contributed by atoms with E-state index in [1.54, 1.807) is 0 Å². The van der Waals surface area contributed by atoms with Crippen LogP contribution in [0.2, 0.25) is 0 Å². The van der Waals surface area contributed by atoms with Gasteiger partial charge < -0.3 is 9.72 Å². The van der Waals surface area contributed by atoms with Crippen molar-refractivity contribution in [3.8, 4) is 5.75 Å². The average Bonchev–Trinajstić information content (AvgIpc) is 2.52. The normalized spacial score (nSPS) is 10.0. The monoisotopic (exact) mass is 315 g/mol. The third kappa shape index (κ3) is 4.19. The van der Waals surface area contributed by atoms with Gasteiger partial charge in [-0.05, 0) is 37.1 Å². The second-order valence-corrected chi connectivity index (χ2v) is 4.92. The van der Waals surface area contributed by atoms with Crippen molar-refractivity contribution in [1.29, 1.82) is 0 Å². The molecule has 0 fully saturated rings. The van der Waals surface area contributed by atoms with E-state index in [1.165, 1.54) is 18.3 Å². The molecule has 0 bridgehead atoms. The van der Waals surface area contributed by atoms with Gasteiger partial charge in [0.05, 0.1) is 0 Å². The molecule has 0 saturated heterocycles. The number of H-pyrrole nitrogens is 1. The lowest BCUT2D eigenvalue weighted by molar-refractivity contribution is -0.123. The number of nitrogens with one attached hydrogen (secondary N) is 3. The zero-order valence-electron chi connectivity index (χ0n) is 12.8. The van der Waals surface area contributed by atoms with Gasteiger partial charge in [-0.1, -0.05) is 18.2 Å². The van der Waals surface area contributed by atoms with Crippen molar-refractivity contribution in [3.05, 3.63) is 63.6 Å². The van der Waals surface area contributed by atoms with Gasteiger partial charge in [0, 0.05) is 6.20 Å². The fourth-order valence-corrected chi connectivity index (χ4v) is 1.99. The van der Waals surface area contributed by atoms with E-state index in [1.807, 2.05) is 32.0 Å². The summed E-state index contributed by atoms with van der Waals surface area (Å²) in [6.45, 7) is 3.50. The minimum Gasteiger partial charge on any atom is -0.483 e. The SMILES string of the molecule is Cc1cccc(C)c1OCC(=O)NNC(=O)c1ccc[nH]c1=O. The molecular weight excluding hydrogens is 298 g/mol. The molecule has 0 atom stereocenters. The standard InChI is InChI=1S/C16H17N3O4/c1-10-5-3-6-11(2)14(10)23-9-13(20)18-19-16(22)12-7-4-8-17-15(12)21/h3-8H,9H2,1-2H3,(H,17,21)(H,18,20)(H,19,22). The Morgan fingerprint density at radius 3 is 2.43 bits per heavy atom. The van der Waals surface area contributed by atoms with Gasteiger partial charge in [0.25, 0.3) is 17.4 Å². The highest BCUT2D eigenvalue weighted by Gasteiger charge is 2.11. The molecular formula is C16H17N3O4. The lowest BCUT2D eigenvalue weighted by Crippen LogP contribution is -2.45. The number of pyridine rings is 1. The highest BCUT2D eigenvalue weighted by molar-refractivity contribution is 5.95. The van der Waals surface area contributed by atoms with Crippen LogP contribution in [0.5, 0.6) is 5.75 Å². The third-order valence-electron chi connectivity index (χ3n) is 3.13. The van der Waals surface area contributed by atoms with Crippen molar-refractivity contribution in [2.45, 2.75) is 13.8 Å². The number of aryl methyl sites for hydroxylation is 2. The van der Waals surface area contributed by atoms with Crippen LogP contribution < -0.4 is 21.1 Å². The molecule has 7 heteroatoms. The fourth-order valence-electron chi connectivity index (χ4n) is 1.99. The molecule has 0 saturated carbocycles. The minimum absolute atomic E-state index is 0.0940. The number of hydrazine groups is 1. The maximum absolute atomic E-state index is 11.8. The number of ether oxygens (including phenoxy) is 1.